The lowest BCUT2D eigenvalue weighted by Gasteiger charge is -2.38. The Hall–Kier alpha value is -2.20. The van der Waals surface area contributed by atoms with Crippen LogP contribution in [0.15, 0.2) is 48.5 Å². The number of hydrogen-bond donors (Lipinski definition) is 1. The van der Waals surface area contributed by atoms with Crippen LogP contribution in [0.5, 0.6) is 0 Å². The Morgan fingerprint density at radius 2 is 1.96 bits per heavy atom. The van der Waals surface area contributed by atoms with Gasteiger partial charge in [-0.25, -0.2) is 4.39 Å². The van der Waals surface area contributed by atoms with E-state index in [2.05, 4.69) is 17.4 Å². The third-order valence-corrected chi connectivity index (χ3v) is 5.72. The summed E-state index contributed by atoms with van der Waals surface area (Å²) in [6, 6.07) is 14.8. The van der Waals surface area contributed by atoms with E-state index >= 15 is 0 Å². The molecule has 1 N–H and O–H groups in total. The van der Waals surface area contributed by atoms with Gasteiger partial charge in [0, 0.05) is 13.0 Å². The molecule has 0 aromatic heterocycles. The number of nitrogens with one attached hydrogen (secondary N) is 1. The van der Waals surface area contributed by atoms with E-state index in [1.807, 2.05) is 29.2 Å². The standard InChI is InChI=1S/C22H25FN2O/c23-19-8-6-18(7-9-19)22-20-4-2-1-3-17(20)12-14-25(22)21(26)10-5-16-11-13-24-15-16/h1-4,6-9,16,22,24H,5,10-15H2/t16-,22-/m1/s1. The predicted molar refractivity (Wildman–Crippen MR) is 100 cm³/mol. The number of benzene rings is 2. The number of hydrogen-bond acceptors (Lipinski definition) is 2. The number of nitrogens with zero attached hydrogens (tertiary/aromatic N) is 1. The first kappa shape index (κ1) is 17.2. The molecule has 0 aliphatic carbocycles. The molecule has 0 saturated carbocycles. The van der Waals surface area contributed by atoms with Gasteiger partial charge >= 0.3 is 0 Å². The summed E-state index contributed by atoms with van der Waals surface area (Å²) in [7, 11) is 0. The van der Waals surface area contributed by atoms with Crippen LogP contribution in [0.4, 0.5) is 4.39 Å². The third-order valence-electron chi connectivity index (χ3n) is 5.72. The van der Waals surface area contributed by atoms with E-state index in [0.29, 0.717) is 12.3 Å². The van der Waals surface area contributed by atoms with Crippen molar-refractivity contribution in [3.8, 4) is 0 Å². The summed E-state index contributed by atoms with van der Waals surface area (Å²) in [5.74, 6) is 0.575. The summed E-state index contributed by atoms with van der Waals surface area (Å²) >= 11 is 0. The highest BCUT2D eigenvalue weighted by atomic mass is 19.1. The minimum absolute atomic E-state index is 0.116. The zero-order valence-corrected chi connectivity index (χ0v) is 15.0. The summed E-state index contributed by atoms with van der Waals surface area (Å²) < 4.78 is 13.4. The van der Waals surface area contributed by atoms with Crippen LogP contribution in [0, 0.1) is 11.7 Å². The van der Waals surface area contributed by atoms with Gasteiger partial charge in [0.15, 0.2) is 0 Å². The second-order valence-corrected chi connectivity index (χ2v) is 7.39. The summed E-state index contributed by atoms with van der Waals surface area (Å²) in [4.78, 5) is 15.0. The minimum atomic E-state index is -0.246. The van der Waals surface area contributed by atoms with Gasteiger partial charge in [0.25, 0.3) is 0 Å². The largest absolute Gasteiger partial charge is 0.331 e. The van der Waals surface area contributed by atoms with Gasteiger partial charge in [-0.3, -0.25) is 4.79 Å². The van der Waals surface area contributed by atoms with Crippen molar-refractivity contribution in [2.75, 3.05) is 19.6 Å². The van der Waals surface area contributed by atoms with Crippen molar-refractivity contribution < 1.29 is 9.18 Å². The molecular weight excluding hydrogens is 327 g/mol. The monoisotopic (exact) mass is 352 g/mol. The Balaban J connectivity index is 1.59. The Bertz CT molecular complexity index is 768. The van der Waals surface area contributed by atoms with E-state index < -0.39 is 0 Å². The van der Waals surface area contributed by atoms with Crippen molar-refractivity contribution in [3.05, 3.63) is 71.0 Å². The highest BCUT2D eigenvalue weighted by Crippen LogP contribution is 2.36. The molecule has 1 fully saturated rings. The van der Waals surface area contributed by atoms with Gasteiger partial charge in [-0.15, -0.1) is 0 Å². The normalized spacial score (nSPS) is 22.3. The van der Waals surface area contributed by atoms with E-state index in [4.69, 9.17) is 0 Å². The summed E-state index contributed by atoms with van der Waals surface area (Å²) in [5, 5.41) is 3.37. The van der Waals surface area contributed by atoms with Crippen molar-refractivity contribution in [2.24, 2.45) is 5.92 Å². The van der Waals surface area contributed by atoms with Crippen LogP contribution in [0.3, 0.4) is 0 Å². The van der Waals surface area contributed by atoms with E-state index in [-0.39, 0.29) is 17.8 Å². The topological polar surface area (TPSA) is 32.3 Å². The van der Waals surface area contributed by atoms with Gasteiger partial charge in [-0.1, -0.05) is 36.4 Å². The van der Waals surface area contributed by atoms with Crippen molar-refractivity contribution in [1.82, 2.24) is 10.2 Å². The molecule has 4 heteroatoms. The molecule has 1 amide bonds. The fraction of sp³-hybridized carbons (Fsp3) is 0.409. The van der Waals surface area contributed by atoms with Crippen LogP contribution in [0.2, 0.25) is 0 Å². The molecular formula is C22H25FN2O. The number of halogens is 1. The lowest BCUT2D eigenvalue weighted by atomic mass is 9.87. The van der Waals surface area contributed by atoms with E-state index in [9.17, 15) is 9.18 Å². The number of carbonyl (C=O) groups excluding carboxylic acids is 1. The predicted octanol–water partition coefficient (Wildman–Crippen LogP) is 3.69. The lowest BCUT2D eigenvalue weighted by Crippen LogP contribution is -2.40. The number of amides is 1. The molecule has 2 aromatic rings. The fourth-order valence-corrected chi connectivity index (χ4v) is 4.27. The van der Waals surface area contributed by atoms with Crippen LogP contribution in [0.1, 0.15) is 42.0 Å². The lowest BCUT2D eigenvalue weighted by molar-refractivity contribution is -0.133. The van der Waals surface area contributed by atoms with Crippen molar-refractivity contribution >= 4 is 5.91 Å². The highest BCUT2D eigenvalue weighted by molar-refractivity contribution is 5.78. The summed E-state index contributed by atoms with van der Waals surface area (Å²) in [6.45, 7) is 2.81. The molecule has 1 saturated heterocycles. The molecule has 26 heavy (non-hydrogen) atoms. The van der Waals surface area contributed by atoms with Gasteiger partial charge in [0.1, 0.15) is 5.82 Å². The number of fused-ring (bicyclic) bond motifs is 1. The second-order valence-electron chi connectivity index (χ2n) is 7.39. The first-order valence-corrected chi connectivity index (χ1v) is 9.56. The summed E-state index contributed by atoms with van der Waals surface area (Å²) in [5.41, 5.74) is 3.43. The molecule has 0 spiro atoms. The zero-order chi connectivity index (χ0) is 17.9. The second kappa shape index (κ2) is 7.58. The Morgan fingerprint density at radius 1 is 1.15 bits per heavy atom. The van der Waals surface area contributed by atoms with Crippen molar-refractivity contribution in [1.29, 1.82) is 0 Å². The van der Waals surface area contributed by atoms with Gasteiger partial charge in [-0.05, 0) is 67.1 Å². The molecule has 2 aliphatic rings. The van der Waals surface area contributed by atoms with Crippen LogP contribution >= 0.6 is 0 Å². The quantitative estimate of drug-likeness (QED) is 0.910. The molecule has 3 nitrogen and oxygen atoms in total. The average molecular weight is 352 g/mol. The highest BCUT2D eigenvalue weighted by Gasteiger charge is 2.32. The maximum Gasteiger partial charge on any atom is 0.223 e. The minimum Gasteiger partial charge on any atom is -0.331 e. The van der Waals surface area contributed by atoms with Crippen LogP contribution in [-0.4, -0.2) is 30.4 Å². The number of carbonyl (C=O) groups is 1. The first-order chi connectivity index (χ1) is 12.7. The van der Waals surface area contributed by atoms with Gasteiger partial charge in [0.05, 0.1) is 6.04 Å². The Morgan fingerprint density at radius 3 is 2.73 bits per heavy atom. The van der Waals surface area contributed by atoms with Crippen LogP contribution in [-0.2, 0) is 11.2 Å². The number of rotatable bonds is 4. The van der Waals surface area contributed by atoms with E-state index in [0.717, 1.165) is 44.5 Å². The summed E-state index contributed by atoms with van der Waals surface area (Å²) in [6.07, 6.45) is 3.58. The maximum absolute atomic E-state index is 13.4. The molecule has 0 radical (unpaired) electrons. The smallest absolute Gasteiger partial charge is 0.223 e. The van der Waals surface area contributed by atoms with E-state index in [1.165, 1.54) is 23.3 Å². The Labute approximate surface area is 154 Å². The first-order valence-electron chi connectivity index (χ1n) is 9.56. The van der Waals surface area contributed by atoms with Gasteiger partial charge < -0.3 is 10.2 Å². The zero-order valence-electron chi connectivity index (χ0n) is 15.0. The molecule has 2 aliphatic heterocycles. The van der Waals surface area contributed by atoms with Crippen LogP contribution < -0.4 is 5.32 Å². The molecule has 0 bridgehead atoms. The molecule has 136 valence electrons. The van der Waals surface area contributed by atoms with Crippen LogP contribution in [0.25, 0.3) is 0 Å². The van der Waals surface area contributed by atoms with E-state index in [1.54, 1.807) is 0 Å². The van der Waals surface area contributed by atoms with Crippen molar-refractivity contribution in [3.63, 3.8) is 0 Å². The van der Waals surface area contributed by atoms with Gasteiger partial charge in [0.2, 0.25) is 5.91 Å². The maximum atomic E-state index is 13.4. The fourth-order valence-electron chi connectivity index (χ4n) is 4.27. The molecule has 2 aromatic carbocycles. The average Bonchev–Trinajstić information content (AvgIpc) is 3.19. The Kier molecular flexibility index (Phi) is 5.02. The molecule has 0 unspecified atom stereocenters. The molecule has 2 heterocycles. The van der Waals surface area contributed by atoms with Gasteiger partial charge in [-0.2, -0.15) is 0 Å². The molecule has 2 atom stereocenters. The molecule has 4 rings (SSSR count). The van der Waals surface area contributed by atoms with Crippen molar-refractivity contribution in [2.45, 2.75) is 31.7 Å². The third kappa shape index (κ3) is 3.51. The SMILES string of the molecule is O=C(CC[C@@H]1CCNC1)N1CCc2ccccc2[C@H]1c1ccc(F)cc1.